The zero-order valence-electron chi connectivity index (χ0n) is 16.1. The Kier molecular flexibility index (Phi) is 4.38. The molecule has 0 radical (unpaired) electrons. The number of carbonyl (C=O) groups excluding carboxylic acids is 2. The van der Waals surface area contributed by atoms with Crippen molar-refractivity contribution in [3.63, 3.8) is 0 Å². The van der Waals surface area contributed by atoms with Crippen LogP contribution in [0.5, 0.6) is 0 Å². The van der Waals surface area contributed by atoms with Crippen LogP contribution in [0.15, 0.2) is 78.9 Å². The first-order valence-corrected chi connectivity index (χ1v) is 9.98. The number of anilines is 1. The number of esters is 1. The van der Waals surface area contributed by atoms with E-state index in [1.54, 1.807) is 29.2 Å². The molecule has 30 heavy (non-hydrogen) atoms. The molecule has 0 saturated carbocycles. The zero-order chi connectivity index (χ0) is 20.9. The first-order chi connectivity index (χ1) is 14.5. The summed E-state index contributed by atoms with van der Waals surface area (Å²) in [6, 6.07) is 23.1. The van der Waals surface area contributed by atoms with Crippen LogP contribution in [0.25, 0.3) is 0 Å². The van der Waals surface area contributed by atoms with Gasteiger partial charge in [-0.3, -0.25) is 9.69 Å². The van der Waals surface area contributed by atoms with E-state index in [-0.39, 0.29) is 0 Å². The van der Waals surface area contributed by atoms with Gasteiger partial charge in [0.1, 0.15) is 6.04 Å². The summed E-state index contributed by atoms with van der Waals surface area (Å²) >= 11 is 6.05. The van der Waals surface area contributed by atoms with Crippen LogP contribution < -0.4 is 4.90 Å². The van der Waals surface area contributed by atoms with Crippen molar-refractivity contribution in [2.24, 2.45) is 0 Å². The van der Waals surface area contributed by atoms with Crippen LogP contribution in [0.1, 0.15) is 29.0 Å². The van der Waals surface area contributed by atoms with Gasteiger partial charge in [0.25, 0.3) is 11.5 Å². The van der Waals surface area contributed by atoms with E-state index < -0.39 is 29.8 Å². The second kappa shape index (κ2) is 6.97. The number of ether oxygens (including phenoxy) is 2. The zero-order valence-corrected chi connectivity index (χ0v) is 16.9. The Morgan fingerprint density at radius 2 is 1.63 bits per heavy atom. The molecule has 1 spiro atoms. The first kappa shape index (κ1) is 18.9. The summed E-state index contributed by atoms with van der Waals surface area (Å²) in [5.74, 6) is -1.11. The highest BCUT2D eigenvalue weighted by Crippen LogP contribution is 2.54. The van der Waals surface area contributed by atoms with Crippen LogP contribution in [0.3, 0.4) is 0 Å². The molecule has 3 atom stereocenters. The minimum atomic E-state index is -1.72. The lowest BCUT2D eigenvalue weighted by molar-refractivity contribution is -0.168. The Labute approximate surface area is 178 Å². The third-order valence-electron chi connectivity index (χ3n) is 5.52. The third-order valence-corrected chi connectivity index (χ3v) is 5.78. The molecule has 0 bridgehead atoms. The van der Waals surface area contributed by atoms with Crippen molar-refractivity contribution in [2.75, 3.05) is 4.90 Å². The third kappa shape index (κ3) is 2.74. The molecule has 5 rings (SSSR count). The lowest BCUT2D eigenvalue weighted by Gasteiger charge is -2.50. The molecule has 5 nitrogen and oxygen atoms in total. The van der Waals surface area contributed by atoms with Gasteiger partial charge in [0, 0.05) is 16.3 Å². The normalized spacial score (nSPS) is 25.3. The quantitative estimate of drug-likeness (QED) is 0.349. The second-order valence-corrected chi connectivity index (χ2v) is 7.91. The maximum absolute atomic E-state index is 13.4. The highest BCUT2D eigenvalue weighted by Gasteiger charge is 2.73. The van der Waals surface area contributed by atoms with E-state index in [0.29, 0.717) is 16.3 Å². The van der Waals surface area contributed by atoms with Gasteiger partial charge in [0.15, 0.2) is 0 Å². The molecule has 2 aliphatic heterocycles. The van der Waals surface area contributed by atoms with Crippen LogP contribution in [-0.4, -0.2) is 17.5 Å². The Morgan fingerprint density at radius 1 is 0.900 bits per heavy atom. The number of cyclic esters (lactones) is 1. The van der Waals surface area contributed by atoms with E-state index in [1.807, 2.05) is 61.5 Å². The monoisotopic (exact) mass is 419 g/mol. The van der Waals surface area contributed by atoms with Crippen molar-refractivity contribution in [1.82, 2.24) is 0 Å². The predicted molar refractivity (Wildman–Crippen MR) is 112 cm³/mol. The number of para-hydroxylation sites is 1. The predicted octanol–water partition coefficient (Wildman–Crippen LogP) is 4.75. The van der Waals surface area contributed by atoms with Crippen LogP contribution in [0.4, 0.5) is 5.69 Å². The molecule has 2 aliphatic rings. The molecule has 1 amide bonds. The van der Waals surface area contributed by atoms with Crippen LogP contribution in [0, 0.1) is 6.92 Å². The van der Waals surface area contributed by atoms with Gasteiger partial charge >= 0.3 is 5.97 Å². The van der Waals surface area contributed by atoms with Crippen molar-refractivity contribution < 1.29 is 19.1 Å². The summed E-state index contributed by atoms with van der Waals surface area (Å²) in [5.41, 5.74) is 1.40. The van der Waals surface area contributed by atoms with Gasteiger partial charge in [-0.25, -0.2) is 4.79 Å². The van der Waals surface area contributed by atoms with Crippen LogP contribution in [-0.2, 0) is 19.1 Å². The van der Waals surface area contributed by atoms with Gasteiger partial charge in [-0.15, -0.1) is 0 Å². The second-order valence-electron chi connectivity index (χ2n) is 7.47. The molecule has 0 N–H and O–H groups in total. The minimum absolute atomic E-state index is 0.436. The number of rotatable bonds is 3. The Balaban J connectivity index is 1.58. The number of hydrogen-bond donors (Lipinski definition) is 0. The number of aryl methyl sites for hydroxylation is 1. The average molecular weight is 420 g/mol. The summed E-state index contributed by atoms with van der Waals surface area (Å²) in [4.78, 5) is 28.0. The number of nitrogens with zero attached hydrogens (tertiary/aromatic N) is 1. The number of hydrogen-bond acceptors (Lipinski definition) is 4. The number of benzene rings is 3. The highest BCUT2D eigenvalue weighted by molar-refractivity contribution is 6.30. The molecule has 3 aromatic rings. The summed E-state index contributed by atoms with van der Waals surface area (Å²) in [5, 5.41) is 0.567. The summed E-state index contributed by atoms with van der Waals surface area (Å²) in [6.45, 7) is 1.94. The van der Waals surface area contributed by atoms with Crippen LogP contribution >= 0.6 is 11.6 Å². The van der Waals surface area contributed by atoms with Crippen molar-refractivity contribution in [2.45, 2.75) is 24.9 Å². The number of halogens is 1. The number of carbonyl (C=O) groups is 2. The molecule has 0 unspecified atom stereocenters. The molecule has 0 aliphatic carbocycles. The number of amides is 1. The Bertz CT molecular complexity index is 1130. The molecule has 2 heterocycles. The van der Waals surface area contributed by atoms with E-state index in [1.165, 1.54) is 0 Å². The van der Waals surface area contributed by atoms with Gasteiger partial charge in [-0.2, -0.15) is 0 Å². The molecule has 2 saturated heterocycles. The van der Waals surface area contributed by atoms with Gasteiger partial charge in [-0.05, 0) is 42.8 Å². The van der Waals surface area contributed by atoms with E-state index in [4.69, 9.17) is 21.1 Å². The van der Waals surface area contributed by atoms with Crippen molar-refractivity contribution in [3.8, 4) is 0 Å². The molecule has 0 aromatic heterocycles. The first-order valence-electron chi connectivity index (χ1n) is 9.60. The van der Waals surface area contributed by atoms with Crippen molar-refractivity contribution >= 4 is 29.2 Å². The van der Waals surface area contributed by atoms with Crippen LogP contribution in [0.2, 0.25) is 5.02 Å². The smallest absolute Gasteiger partial charge is 0.353 e. The maximum atomic E-state index is 13.4. The van der Waals surface area contributed by atoms with E-state index >= 15 is 0 Å². The van der Waals surface area contributed by atoms with Gasteiger partial charge < -0.3 is 9.47 Å². The standard InChI is InChI=1S/C24H18ClNO4/c1-15-6-5-7-17(14-15)21-29-23(28)24(30-21)20(16-10-12-18(25)13-11-16)26(22(24)27)19-8-3-2-4-9-19/h2-14,20-21H,1H3/t20-,21+,24-/m0/s1. The lowest BCUT2D eigenvalue weighted by Crippen LogP contribution is -2.71. The molecular weight excluding hydrogens is 402 g/mol. The van der Waals surface area contributed by atoms with E-state index in [2.05, 4.69) is 0 Å². The molecule has 6 heteroatoms. The lowest BCUT2D eigenvalue weighted by atomic mass is 9.77. The number of β-lactam (4-membered cyclic amide) rings is 1. The summed E-state index contributed by atoms with van der Waals surface area (Å²) in [6.07, 6.45) is -0.936. The minimum Gasteiger partial charge on any atom is -0.429 e. The maximum Gasteiger partial charge on any atom is 0.353 e. The topological polar surface area (TPSA) is 55.8 Å². The van der Waals surface area contributed by atoms with Gasteiger partial charge in [0.05, 0.1) is 0 Å². The fourth-order valence-corrected chi connectivity index (χ4v) is 4.23. The molecule has 3 aromatic carbocycles. The van der Waals surface area contributed by atoms with Gasteiger partial charge in [-0.1, -0.05) is 65.7 Å². The van der Waals surface area contributed by atoms with Crippen molar-refractivity contribution in [3.05, 3.63) is 101 Å². The summed E-state index contributed by atoms with van der Waals surface area (Å²) < 4.78 is 11.7. The highest BCUT2D eigenvalue weighted by atomic mass is 35.5. The molecular formula is C24H18ClNO4. The Morgan fingerprint density at radius 3 is 2.33 bits per heavy atom. The fourth-order valence-electron chi connectivity index (χ4n) is 4.10. The fraction of sp³-hybridized carbons (Fsp3) is 0.167. The molecule has 2 fully saturated rings. The molecule has 150 valence electrons. The Hall–Kier alpha value is -3.15. The van der Waals surface area contributed by atoms with Gasteiger partial charge in [0.2, 0.25) is 6.29 Å². The average Bonchev–Trinajstić information content (AvgIpc) is 3.12. The largest absolute Gasteiger partial charge is 0.429 e. The van der Waals surface area contributed by atoms with Crippen molar-refractivity contribution in [1.29, 1.82) is 0 Å². The SMILES string of the molecule is Cc1cccc([C@@H]2OC(=O)[C@@]3(O2)C(=O)N(c2ccccc2)[C@H]3c2ccc(Cl)cc2)c1. The summed E-state index contributed by atoms with van der Waals surface area (Å²) in [7, 11) is 0. The van der Waals surface area contributed by atoms with E-state index in [0.717, 1.165) is 11.1 Å². The van der Waals surface area contributed by atoms with E-state index in [9.17, 15) is 9.59 Å².